The van der Waals surface area contributed by atoms with Crippen molar-refractivity contribution in [3.8, 4) is 34.0 Å². The fourth-order valence-corrected chi connectivity index (χ4v) is 6.85. The monoisotopic (exact) mass is 507 g/mol. The number of rotatable bonds is 6. The highest BCUT2D eigenvalue weighted by Crippen LogP contribution is 2.59. The number of nitrogens with zero attached hydrogens (tertiary/aromatic N) is 5. The zero-order chi connectivity index (χ0) is 25.9. The van der Waals surface area contributed by atoms with Crippen molar-refractivity contribution in [1.82, 2.24) is 20.4 Å². The second-order valence-corrected chi connectivity index (χ2v) is 11.7. The summed E-state index contributed by atoms with van der Waals surface area (Å²) in [5, 5.41) is 26.9. The molecule has 0 spiro atoms. The van der Waals surface area contributed by atoms with Gasteiger partial charge in [0.2, 0.25) is 5.88 Å². The van der Waals surface area contributed by atoms with Crippen molar-refractivity contribution in [3.63, 3.8) is 0 Å². The van der Waals surface area contributed by atoms with Gasteiger partial charge >= 0.3 is 0 Å². The summed E-state index contributed by atoms with van der Waals surface area (Å²) in [5.74, 6) is -1.84. The zero-order valence-corrected chi connectivity index (χ0v) is 21.3. The van der Waals surface area contributed by atoms with Crippen molar-refractivity contribution in [1.29, 1.82) is 0 Å². The van der Waals surface area contributed by atoms with E-state index in [1.165, 1.54) is 38.6 Å². The van der Waals surface area contributed by atoms with Gasteiger partial charge in [-0.15, -0.1) is 15.3 Å². The molecule has 3 aliphatic rings. The van der Waals surface area contributed by atoms with Crippen LogP contribution in [0.2, 0.25) is 0 Å². The van der Waals surface area contributed by atoms with Gasteiger partial charge in [0.1, 0.15) is 5.75 Å². The molecule has 0 saturated heterocycles. The third kappa shape index (κ3) is 4.28. The summed E-state index contributed by atoms with van der Waals surface area (Å²) >= 11 is 0. The molecule has 6 rings (SSSR count). The van der Waals surface area contributed by atoms with E-state index >= 15 is 8.78 Å². The normalized spacial score (nSPS) is 26.8. The highest BCUT2D eigenvalue weighted by Gasteiger charge is 2.52. The molecule has 2 bridgehead atoms. The van der Waals surface area contributed by atoms with Crippen LogP contribution in [0, 0.1) is 22.5 Å². The van der Waals surface area contributed by atoms with Crippen LogP contribution in [-0.2, 0) is 0 Å². The highest BCUT2D eigenvalue weighted by atomic mass is 19.2. The topological polar surface area (TPSA) is 84.3 Å². The van der Waals surface area contributed by atoms with Gasteiger partial charge in [0.05, 0.1) is 24.6 Å². The van der Waals surface area contributed by atoms with Gasteiger partial charge in [-0.3, -0.25) is 0 Å². The number of aromatic hydroxyl groups is 1. The minimum absolute atomic E-state index is 0.0769. The molecule has 0 amide bonds. The molecule has 37 heavy (non-hydrogen) atoms. The van der Waals surface area contributed by atoms with Crippen molar-refractivity contribution in [2.45, 2.75) is 70.9 Å². The summed E-state index contributed by atoms with van der Waals surface area (Å²) < 4.78 is 35.4. The molecule has 7 nitrogen and oxygen atoms in total. The number of fused-ring (bicyclic) bond motifs is 2. The molecular weight excluding hydrogens is 476 g/mol. The van der Waals surface area contributed by atoms with E-state index in [4.69, 9.17) is 4.74 Å². The molecule has 1 aromatic carbocycles. The van der Waals surface area contributed by atoms with Crippen LogP contribution in [0.5, 0.6) is 11.6 Å². The summed E-state index contributed by atoms with van der Waals surface area (Å²) in [6.07, 6.45) is 9.63. The first-order valence-corrected chi connectivity index (χ1v) is 12.9. The second kappa shape index (κ2) is 8.60. The molecule has 1 N–H and O–H groups in total. The molecule has 3 aliphatic carbocycles. The minimum Gasteiger partial charge on any atom is -0.507 e. The lowest BCUT2D eigenvalue weighted by atomic mass is 9.68. The van der Waals surface area contributed by atoms with Crippen LogP contribution in [0.1, 0.15) is 58.8 Å². The summed E-state index contributed by atoms with van der Waals surface area (Å²) in [5.41, 5.74) is 0.568. The van der Waals surface area contributed by atoms with E-state index in [1.54, 1.807) is 6.07 Å². The van der Waals surface area contributed by atoms with Gasteiger partial charge in [0, 0.05) is 29.3 Å². The van der Waals surface area contributed by atoms with Gasteiger partial charge in [-0.2, -0.15) is 5.10 Å². The first-order valence-electron chi connectivity index (χ1n) is 12.9. The van der Waals surface area contributed by atoms with Crippen molar-refractivity contribution in [3.05, 3.63) is 42.1 Å². The molecule has 0 radical (unpaired) electrons. The molecule has 3 aromatic rings. The zero-order valence-electron chi connectivity index (χ0n) is 21.3. The Bertz CT molecular complexity index is 1330. The Kier molecular flexibility index (Phi) is 5.58. The van der Waals surface area contributed by atoms with Crippen molar-refractivity contribution in [2.75, 3.05) is 12.0 Å². The first kappa shape index (κ1) is 24.0. The van der Waals surface area contributed by atoms with Crippen LogP contribution >= 0.6 is 0 Å². The Balaban J connectivity index is 1.31. The fourth-order valence-electron chi connectivity index (χ4n) is 6.85. The van der Waals surface area contributed by atoms with Gasteiger partial charge in [0.15, 0.2) is 17.5 Å². The maximum atomic E-state index is 15.3. The van der Waals surface area contributed by atoms with E-state index in [0.717, 1.165) is 37.6 Å². The summed E-state index contributed by atoms with van der Waals surface area (Å²) in [6.45, 7) is 4.82. The lowest BCUT2D eigenvalue weighted by molar-refractivity contribution is 0.145. The maximum Gasteiger partial charge on any atom is 0.233 e. The van der Waals surface area contributed by atoms with Crippen LogP contribution in [0.25, 0.3) is 22.4 Å². The lowest BCUT2D eigenvalue weighted by Crippen LogP contribution is -2.46. The van der Waals surface area contributed by atoms with Gasteiger partial charge in [-0.05, 0) is 74.0 Å². The van der Waals surface area contributed by atoms with Gasteiger partial charge in [-0.25, -0.2) is 8.78 Å². The number of benzene rings is 1. The number of phenols is 1. The predicted molar refractivity (Wildman–Crippen MR) is 135 cm³/mol. The molecule has 3 fully saturated rings. The molecule has 2 aromatic heterocycles. The van der Waals surface area contributed by atoms with Gasteiger partial charge in [0.25, 0.3) is 0 Å². The standard InChI is InChI=1S/C28H31F2N5O2/c1-27-8-9-28(2,15-27)13-18(12-27)35(17-4-5-17)22-7-6-20(32-33-22)24-21(36)11-19(25(29)26(24)30)16-10-23(37-3)34-31-14-16/h6-7,10-11,14,17-18,36H,4-5,8-9,12-13,15H2,1-3H3/t18-,27-,28+. The van der Waals surface area contributed by atoms with E-state index in [-0.39, 0.29) is 28.3 Å². The first-order chi connectivity index (χ1) is 17.7. The smallest absolute Gasteiger partial charge is 0.233 e. The molecule has 3 atom stereocenters. The molecule has 0 aliphatic heterocycles. The fraction of sp³-hybridized carbons (Fsp3) is 0.500. The lowest BCUT2D eigenvalue weighted by Gasteiger charge is -2.45. The molecule has 3 saturated carbocycles. The Morgan fingerprint density at radius 1 is 0.973 bits per heavy atom. The average molecular weight is 508 g/mol. The number of ether oxygens (including phenoxy) is 1. The Hall–Kier alpha value is -3.36. The number of aromatic nitrogens is 4. The van der Waals surface area contributed by atoms with E-state index in [0.29, 0.717) is 22.9 Å². The number of hydrogen-bond donors (Lipinski definition) is 1. The van der Waals surface area contributed by atoms with Crippen molar-refractivity contribution >= 4 is 5.82 Å². The number of phenolic OH excluding ortho intramolecular Hbond substituents is 1. The van der Waals surface area contributed by atoms with Crippen LogP contribution in [0.4, 0.5) is 14.6 Å². The molecule has 194 valence electrons. The van der Waals surface area contributed by atoms with E-state index in [9.17, 15) is 5.11 Å². The summed E-state index contributed by atoms with van der Waals surface area (Å²) in [4.78, 5) is 2.42. The predicted octanol–water partition coefficient (Wildman–Crippen LogP) is 5.92. The number of anilines is 1. The maximum absolute atomic E-state index is 15.3. The number of halogens is 2. The second-order valence-electron chi connectivity index (χ2n) is 11.7. The van der Waals surface area contributed by atoms with Crippen molar-refractivity contribution in [2.24, 2.45) is 10.8 Å². The molecular formula is C28H31F2N5O2. The van der Waals surface area contributed by atoms with Crippen LogP contribution in [0.15, 0.2) is 30.5 Å². The summed E-state index contributed by atoms with van der Waals surface area (Å²) in [7, 11) is 1.40. The van der Waals surface area contributed by atoms with Gasteiger partial charge in [-0.1, -0.05) is 13.8 Å². The summed E-state index contributed by atoms with van der Waals surface area (Å²) in [6, 6.07) is 6.87. The molecule has 9 heteroatoms. The van der Waals surface area contributed by atoms with Crippen LogP contribution in [-0.4, -0.2) is 44.7 Å². The Morgan fingerprint density at radius 3 is 2.32 bits per heavy atom. The van der Waals surface area contributed by atoms with Crippen molar-refractivity contribution < 1.29 is 18.6 Å². The molecule has 0 unspecified atom stereocenters. The van der Waals surface area contributed by atoms with E-state index < -0.39 is 17.4 Å². The van der Waals surface area contributed by atoms with Gasteiger partial charge < -0.3 is 14.7 Å². The van der Waals surface area contributed by atoms with E-state index in [2.05, 4.69) is 39.1 Å². The number of hydrogen-bond acceptors (Lipinski definition) is 7. The largest absolute Gasteiger partial charge is 0.507 e. The third-order valence-corrected chi connectivity index (χ3v) is 8.49. The van der Waals surface area contributed by atoms with E-state index in [1.807, 2.05) is 6.07 Å². The van der Waals surface area contributed by atoms with Crippen LogP contribution in [0.3, 0.4) is 0 Å². The Labute approximate surface area is 214 Å². The average Bonchev–Trinajstić information content (AvgIpc) is 3.67. The SMILES string of the molecule is COc1cc(-c2cc(O)c(-c3ccc(N(C4CC4)[C@H]4C[C@]5(C)CC[C@](C)(C4)C5)nn3)c(F)c2F)cnn1. The van der Waals surface area contributed by atoms with Crippen LogP contribution < -0.4 is 9.64 Å². The Morgan fingerprint density at radius 2 is 1.70 bits per heavy atom. The quantitative estimate of drug-likeness (QED) is 0.443. The third-order valence-electron chi connectivity index (χ3n) is 8.49. The minimum atomic E-state index is -1.20. The highest BCUT2D eigenvalue weighted by molar-refractivity contribution is 5.75. The molecule has 2 heterocycles. The number of methoxy groups -OCH3 is 1.